The Morgan fingerprint density at radius 3 is 2.64 bits per heavy atom. The smallest absolute Gasteiger partial charge is 0.133 e. The summed E-state index contributed by atoms with van der Waals surface area (Å²) in [4.78, 5) is 2.59. The number of nitrogens with zero attached hydrogens (tertiary/aromatic N) is 3. The summed E-state index contributed by atoms with van der Waals surface area (Å²) in [7, 11) is 0. The zero-order valence-corrected chi connectivity index (χ0v) is 15.6. The molecule has 1 saturated heterocycles. The first kappa shape index (κ1) is 16.6. The highest BCUT2D eigenvalue weighted by molar-refractivity contribution is 5.55. The Morgan fingerprint density at radius 1 is 1.00 bits per heavy atom. The molecule has 134 valence electrons. The average molecular weight is 338 g/mol. The summed E-state index contributed by atoms with van der Waals surface area (Å²) < 4.78 is 2.16. The van der Waals surface area contributed by atoms with Gasteiger partial charge in [-0.15, -0.1) is 0 Å². The summed E-state index contributed by atoms with van der Waals surface area (Å²) in [5.41, 5.74) is 6.57. The number of piperidine rings is 1. The van der Waals surface area contributed by atoms with Crippen molar-refractivity contribution in [2.45, 2.75) is 58.9 Å². The highest BCUT2D eigenvalue weighted by Gasteiger charge is 2.22. The van der Waals surface area contributed by atoms with E-state index in [2.05, 4.69) is 46.9 Å². The first-order valence-electron chi connectivity index (χ1n) is 9.87. The zero-order chi connectivity index (χ0) is 17.2. The predicted molar refractivity (Wildman–Crippen MR) is 104 cm³/mol. The molecule has 4 rings (SSSR count). The van der Waals surface area contributed by atoms with Gasteiger partial charge in [-0.1, -0.05) is 12.5 Å². The monoisotopic (exact) mass is 338 g/mol. The number of anilines is 1. The highest BCUT2D eigenvalue weighted by Crippen LogP contribution is 2.30. The van der Waals surface area contributed by atoms with Crippen molar-refractivity contribution < 1.29 is 0 Å². The van der Waals surface area contributed by atoms with E-state index in [1.807, 2.05) is 0 Å². The van der Waals surface area contributed by atoms with Gasteiger partial charge >= 0.3 is 0 Å². The molecule has 2 aliphatic heterocycles. The van der Waals surface area contributed by atoms with E-state index in [0.29, 0.717) is 0 Å². The minimum atomic E-state index is 1.00. The van der Waals surface area contributed by atoms with Crippen LogP contribution in [-0.2, 0) is 13.0 Å². The van der Waals surface area contributed by atoms with Gasteiger partial charge in [-0.05, 0) is 82.3 Å². The summed E-state index contributed by atoms with van der Waals surface area (Å²) in [5, 5.41) is 8.75. The highest BCUT2D eigenvalue weighted by atomic mass is 15.3. The predicted octanol–water partition coefficient (Wildman–Crippen LogP) is 4.22. The molecule has 1 N–H and O–H groups in total. The Kier molecular flexibility index (Phi) is 4.80. The summed E-state index contributed by atoms with van der Waals surface area (Å²) in [6.07, 6.45) is 7.69. The quantitative estimate of drug-likeness (QED) is 0.909. The normalized spacial score (nSPS) is 18.5. The molecule has 2 aromatic rings. The van der Waals surface area contributed by atoms with Crippen molar-refractivity contribution in [2.24, 2.45) is 0 Å². The number of fused-ring (bicyclic) bond motifs is 1. The maximum Gasteiger partial charge on any atom is 0.133 e. The van der Waals surface area contributed by atoms with Gasteiger partial charge in [0.1, 0.15) is 5.82 Å². The lowest BCUT2D eigenvalue weighted by atomic mass is 10.1. The van der Waals surface area contributed by atoms with Gasteiger partial charge in [-0.3, -0.25) is 4.90 Å². The molecule has 1 fully saturated rings. The molecule has 0 amide bonds. The molecule has 4 nitrogen and oxygen atoms in total. The molecule has 25 heavy (non-hydrogen) atoms. The van der Waals surface area contributed by atoms with Crippen LogP contribution in [0.2, 0.25) is 0 Å². The van der Waals surface area contributed by atoms with Gasteiger partial charge in [0.05, 0.1) is 11.4 Å². The zero-order valence-electron chi connectivity index (χ0n) is 15.6. The van der Waals surface area contributed by atoms with E-state index in [1.165, 1.54) is 79.1 Å². The Morgan fingerprint density at radius 2 is 1.84 bits per heavy atom. The average Bonchev–Trinajstić information content (AvgIpc) is 2.81. The molecule has 1 aromatic carbocycles. The molecule has 0 atom stereocenters. The summed E-state index contributed by atoms with van der Waals surface area (Å²) in [5.74, 6) is 1.23. The largest absolute Gasteiger partial charge is 0.370 e. The van der Waals surface area contributed by atoms with E-state index in [-0.39, 0.29) is 0 Å². The number of benzene rings is 1. The molecular formula is C21H30N4. The van der Waals surface area contributed by atoms with E-state index in [9.17, 15) is 0 Å². The second-order valence-electron chi connectivity index (χ2n) is 7.67. The van der Waals surface area contributed by atoms with Crippen molar-refractivity contribution in [3.05, 3.63) is 40.6 Å². The fraction of sp³-hybridized carbons (Fsp3) is 0.571. The van der Waals surface area contributed by atoms with E-state index in [1.54, 1.807) is 0 Å². The lowest BCUT2D eigenvalue weighted by molar-refractivity contribution is 0.217. The van der Waals surface area contributed by atoms with Crippen molar-refractivity contribution in [1.29, 1.82) is 0 Å². The molecular weight excluding hydrogens is 308 g/mol. The Balaban J connectivity index is 1.71. The van der Waals surface area contributed by atoms with Crippen LogP contribution < -0.4 is 5.32 Å². The fourth-order valence-corrected chi connectivity index (χ4v) is 4.07. The van der Waals surface area contributed by atoms with E-state index in [0.717, 1.165) is 19.5 Å². The molecule has 0 bridgehead atoms. The summed E-state index contributed by atoms with van der Waals surface area (Å²) in [6.45, 7) is 8.85. The summed E-state index contributed by atoms with van der Waals surface area (Å²) >= 11 is 0. The number of likely N-dealkylation sites (tertiary alicyclic amines) is 1. The van der Waals surface area contributed by atoms with Crippen LogP contribution in [-0.4, -0.2) is 34.3 Å². The number of nitrogens with one attached hydrogen (secondary N) is 1. The minimum Gasteiger partial charge on any atom is -0.370 e. The molecule has 4 heteroatoms. The van der Waals surface area contributed by atoms with Gasteiger partial charge in [-0.25, -0.2) is 4.68 Å². The van der Waals surface area contributed by atoms with Crippen molar-refractivity contribution in [3.63, 3.8) is 0 Å². The molecule has 1 aromatic heterocycles. The number of aromatic nitrogens is 2. The number of rotatable bonds is 3. The molecule has 0 saturated carbocycles. The van der Waals surface area contributed by atoms with Crippen molar-refractivity contribution in [1.82, 2.24) is 14.7 Å². The van der Waals surface area contributed by atoms with Crippen LogP contribution in [0.5, 0.6) is 0 Å². The fourth-order valence-electron chi connectivity index (χ4n) is 4.07. The van der Waals surface area contributed by atoms with Crippen LogP contribution in [0, 0.1) is 13.8 Å². The number of aryl methyl sites for hydroxylation is 2. The summed E-state index contributed by atoms with van der Waals surface area (Å²) in [6, 6.07) is 6.67. The van der Waals surface area contributed by atoms with Crippen LogP contribution in [0.1, 0.15) is 54.5 Å². The van der Waals surface area contributed by atoms with Crippen LogP contribution >= 0.6 is 0 Å². The molecule has 0 aliphatic carbocycles. The third-order valence-electron chi connectivity index (χ3n) is 5.77. The second-order valence-corrected chi connectivity index (χ2v) is 7.67. The van der Waals surface area contributed by atoms with E-state index < -0.39 is 0 Å². The molecule has 3 heterocycles. The number of hydrogen-bond donors (Lipinski definition) is 1. The third-order valence-corrected chi connectivity index (χ3v) is 5.77. The van der Waals surface area contributed by atoms with Gasteiger partial charge in [0.15, 0.2) is 0 Å². The maximum absolute atomic E-state index is 5.08. The van der Waals surface area contributed by atoms with Crippen LogP contribution in [0.15, 0.2) is 18.2 Å². The van der Waals surface area contributed by atoms with Crippen molar-refractivity contribution in [3.8, 4) is 5.69 Å². The van der Waals surface area contributed by atoms with Gasteiger partial charge in [-0.2, -0.15) is 5.10 Å². The van der Waals surface area contributed by atoms with Crippen LogP contribution in [0.3, 0.4) is 0 Å². The standard InChI is InChI=1S/C21H30N4/c1-16-9-10-18(14-17(16)2)25-21-19(8-4-5-11-22-21)20(23-25)15-24-12-6-3-7-13-24/h9-10,14,22H,3-8,11-13,15H2,1-2H3. The lowest BCUT2D eigenvalue weighted by Gasteiger charge is -2.25. The van der Waals surface area contributed by atoms with Gasteiger partial charge in [0.2, 0.25) is 0 Å². The minimum absolute atomic E-state index is 1.00. The SMILES string of the molecule is Cc1ccc(-n2nc(CN3CCCCC3)c3c2NCCCC3)cc1C. The molecule has 0 radical (unpaired) electrons. The first-order valence-corrected chi connectivity index (χ1v) is 9.87. The van der Waals surface area contributed by atoms with Crippen molar-refractivity contribution >= 4 is 5.82 Å². The van der Waals surface area contributed by atoms with Crippen LogP contribution in [0.25, 0.3) is 5.69 Å². The topological polar surface area (TPSA) is 33.1 Å². The van der Waals surface area contributed by atoms with Crippen molar-refractivity contribution in [2.75, 3.05) is 25.0 Å². The Labute approximate surface area is 151 Å². The van der Waals surface area contributed by atoms with E-state index in [4.69, 9.17) is 5.10 Å². The third kappa shape index (κ3) is 3.45. The first-order chi connectivity index (χ1) is 12.2. The Hall–Kier alpha value is -1.81. The second kappa shape index (κ2) is 7.20. The van der Waals surface area contributed by atoms with Gasteiger partial charge in [0, 0.05) is 18.7 Å². The number of hydrogen-bond acceptors (Lipinski definition) is 3. The van der Waals surface area contributed by atoms with Gasteiger partial charge < -0.3 is 5.32 Å². The van der Waals surface area contributed by atoms with Gasteiger partial charge in [0.25, 0.3) is 0 Å². The molecule has 0 spiro atoms. The molecule has 2 aliphatic rings. The van der Waals surface area contributed by atoms with Crippen LogP contribution in [0.4, 0.5) is 5.82 Å². The Bertz CT molecular complexity index is 741. The molecule has 0 unspecified atom stereocenters. The maximum atomic E-state index is 5.08. The van der Waals surface area contributed by atoms with E-state index >= 15 is 0 Å². The lowest BCUT2D eigenvalue weighted by Crippen LogP contribution is -2.29.